The lowest BCUT2D eigenvalue weighted by atomic mass is 10.0. The Hall–Kier alpha value is -2.61. The molecule has 1 aromatic heterocycles. The molecule has 6 nitrogen and oxygen atoms in total. The highest BCUT2D eigenvalue weighted by atomic mass is 35.5. The van der Waals surface area contributed by atoms with Crippen LogP contribution in [0.25, 0.3) is 0 Å². The van der Waals surface area contributed by atoms with E-state index in [0.717, 1.165) is 5.69 Å². The second kappa shape index (κ2) is 7.43. The van der Waals surface area contributed by atoms with Crippen molar-refractivity contribution in [2.24, 2.45) is 0 Å². The normalized spacial score (nSPS) is 14.0. The average molecular weight is 417 g/mol. The van der Waals surface area contributed by atoms with Gasteiger partial charge in [-0.25, -0.2) is 0 Å². The quantitative estimate of drug-likeness (QED) is 0.589. The first-order chi connectivity index (χ1) is 13.4. The van der Waals surface area contributed by atoms with Gasteiger partial charge in [-0.1, -0.05) is 29.8 Å². The van der Waals surface area contributed by atoms with Gasteiger partial charge < -0.3 is 9.64 Å². The Morgan fingerprint density at radius 3 is 2.54 bits per heavy atom. The van der Waals surface area contributed by atoms with E-state index >= 15 is 0 Å². The molecule has 8 heteroatoms. The van der Waals surface area contributed by atoms with Crippen LogP contribution in [-0.2, 0) is 10.1 Å². The lowest BCUT2D eigenvalue weighted by molar-refractivity contribution is 0.460. The Labute approximate surface area is 168 Å². The number of halogens is 1. The minimum atomic E-state index is -4.14. The first kappa shape index (κ1) is 18.7. The second-order valence-electron chi connectivity index (χ2n) is 6.40. The lowest BCUT2D eigenvalue weighted by Crippen LogP contribution is -2.29. The molecule has 0 saturated heterocycles. The largest absolute Gasteiger partial charge is 0.453 e. The van der Waals surface area contributed by atoms with Gasteiger partial charge in [-0.05, 0) is 48.9 Å². The maximum Gasteiger partial charge on any atom is 0.264 e. The summed E-state index contributed by atoms with van der Waals surface area (Å²) in [5.74, 6) is 0.852. The minimum absolute atomic E-state index is 0.135. The Bertz CT molecular complexity index is 1110. The summed E-state index contributed by atoms with van der Waals surface area (Å²) in [6.07, 6.45) is 1.79. The monoisotopic (exact) mass is 416 g/mol. The summed E-state index contributed by atoms with van der Waals surface area (Å²) in [6.45, 7) is 0. The van der Waals surface area contributed by atoms with E-state index in [0.29, 0.717) is 27.9 Å². The molecule has 3 aromatic rings. The molecule has 0 fully saturated rings. The van der Waals surface area contributed by atoms with E-state index in [9.17, 15) is 13.0 Å². The molecular formula is C20H17ClN2O4S. The molecule has 1 aliphatic heterocycles. The van der Waals surface area contributed by atoms with Gasteiger partial charge in [-0.2, -0.15) is 8.42 Å². The zero-order valence-electron chi connectivity index (χ0n) is 14.7. The first-order valence-electron chi connectivity index (χ1n) is 8.64. The molecule has 144 valence electrons. The van der Waals surface area contributed by atoms with Crippen LogP contribution in [0.3, 0.4) is 0 Å². The van der Waals surface area contributed by atoms with E-state index in [2.05, 4.69) is 4.98 Å². The van der Waals surface area contributed by atoms with Gasteiger partial charge >= 0.3 is 0 Å². The molecule has 2 aromatic carbocycles. The van der Waals surface area contributed by atoms with Crippen molar-refractivity contribution in [1.82, 2.24) is 4.98 Å². The van der Waals surface area contributed by atoms with Crippen molar-refractivity contribution in [3.05, 3.63) is 77.6 Å². The maximum atomic E-state index is 11.5. The van der Waals surface area contributed by atoms with E-state index in [-0.39, 0.29) is 6.42 Å². The van der Waals surface area contributed by atoms with Crippen LogP contribution in [0, 0.1) is 0 Å². The highest BCUT2D eigenvalue weighted by Crippen LogP contribution is 2.51. The molecule has 0 radical (unpaired) electrons. The van der Waals surface area contributed by atoms with E-state index in [1.165, 1.54) is 0 Å². The van der Waals surface area contributed by atoms with Crippen molar-refractivity contribution < 1.29 is 17.7 Å². The van der Waals surface area contributed by atoms with Crippen LogP contribution in [0.2, 0.25) is 5.02 Å². The molecule has 0 amide bonds. The second-order valence-corrected chi connectivity index (χ2v) is 8.41. The van der Waals surface area contributed by atoms with Crippen LogP contribution in [0.1, 0.15) is 18.2 Å². The first-order valence-corrected chi connectivity index (χ1v) is 10.6. The van der Waals surface area contributed by atoms with Crippen molar-refractivity contribution in [2.75, 3.05) is 10.7 Å². The number of fused-ring (bicyclic) bond motifs is 2. The van der Waals surface area contributed by atoms with Crippen LogP contribution in [-0.4, -0.2) is 23.7 Å². The fraction of sp³-hybridized carbons (Fsp3) is 0.150. The Balaban J connectivity index is 1.88. The van der Waals surface area contributed by atoms with Crippen molar-refractivity contribution >= 4 is 33.1 Å². The predicted molar refractivity (Wildman–Crippen MR) is 108 cm³/mol. The van der Waals surface area contributed by atoms with E-state index in [4.69, 9.17) is 16.3 Å². The van der Waals surface area contributed by atoms with E-state index < -0.39 is 21.9 Å². The molecule has 28 heavy (non-hydrogen) atoms. The summed E-state index contributed by atoms with van der Waals surface area (Å²) in [7, 11) is -4.14. The molecule has 1 atom stereocenters. The summed E-state index contributed by atoms with van der Waals surface area (Å²) < 4.78 is 38.3. The smallest absolute Gasteiger partial charge is 0.264 e. The van der Waals surface area contributed by atoms with Crippen molar-refractivity contribution in [2.45, 2.75) is 12.5 Å². The number of ether oxygens (including phenoxy) is 1. The lowest BCUT2D eigenvalue weighted by Gasteiger charge is -2.38. The molecule has 0 bridgehead atoms. The van der Waals surface area contributed by atoms with Crippen molar-refractivity contribution in [3.8, 4) is 11.5 Å². The number of nitrogens with zero attached hydrogens (tertiary/aromatic N) is 2. The molecular weight excluding hydrogens is 400 g/mol. The van der Waals surface area contributed by atoms with Gasteiger partial charge in [0.05, 0.1) is 28.9 Å². The number of rotatable bonds is 5. The van der Waals surface area contributed by atoms with Crippen LogP contribution >= 0.6 is 11.6 Å². The zero-order valence-corrected chi connectivity index (χ0v) is 16.3. The molecule has 4 rings (SSSR count). The molecule has 1 unspecified atom stereocenters. The van der Waals surface area contributed by atoms with Gasteiger partial charge in [0.15, 0.2) is 11.5 Å². The Kier molecular flexibility index (Phi) is 4.97. The highest BCUT2D eigenvalue weighted by molar-refractivity contribution is 7.85. The summed E-state index contributed by atoms with van der Waals surface area (Å²) in [5, 5.41) is 0.529. The molecule has 1 aliphatic rings. The van der Waals surface area contributed by atoms with Crippen LogP contribution in [0.5, 0.6) is 11.5 Å². The zero-order chi connectivity index (χ0) is 19.7. The topological polar surface area (TPSA) is 79.7 Å². The number of para-hydroxylation sites is 2. The third-order valence-electron chi connectivity index (χ3n) is 4.52. The number of anilines is 2. The molecule has 0 aliphatic carbocycles. The third kappa shape index (κ3) is 3.82. The van der Waals surface area contributed by atoms with Gasteiger partial charge in [0.1, 0.15) is 0 Å². The van der Waals surface area contributed by atoms with Gasteiger partial charge in [0.2, 0.25) is 0 Å². The molecule has 0 spiro atoms. The van der Waals surface area contributed by atoms with Crippen molar-refractivity contribution in [3.63, 3.8) is 0 Å². The van der Waals surface area contributed by atoms with E-state index in [1.54, 1.807) is 30.5 Å². The molecule has 1 N–H and O–H groups in total. The van der Waals surface area contributed by atoms with Gasteiger partial charge in [-0.15, -0.1) is 0 Å². The molecule has 0 saturated carbocycles. The number of hydrogen-bond acceptors (Lipinski definition) is 5. The molecule has 2 heterocycles. The Morgan fingerprint density at radius 2 is 1.79 bits per heavy atom. The van der Waals surface area contributed by atoms with E-state index in [1.807, 2.05) is 41.3 Å². The van der Waals surface area contributed by atoms with Crippen LogP contribution < -0.4 is 9.64 Å². The van der Waals surface area contributed by atoms with Gasteiger partial charge in [0, 0.05) is 11.2 Å². The van der Waals surface area contributed by atoms with Gasteiger partial charge in [0.25, 0.3) is 10.1 Å². The fourth-order valence-corrected chi connectivity index (χ4v) is 4.02. The number of aromatic nitrogens is 1. The Morgan fingerprint density at radius 1 is 1.04 bits per heavy atom. The average Bonchev–Trinajstić information content (AvgIpc) is 2.67. The third-order valence-corrected chi connectivity index (χ3v) is 5.50. The highest BCUT2D eigenvalue weighted by Gasteiger charge is 2.32. The summed E-state index contributed by atoms with van der Waals surface area (Å²) in [5.41, 5.74) is 2.15. The summed E-state index contributed by atoms with van der Waals surface area (Å²) in [4.78, 5) is 6.40. The number of benzene rings is 2. The maximum absolute atomic E-state index is 11.5. The van der Waals surface area contributed by atoms with Crippen molar-refractivity contribution in [1.29, 1.82) is 0 Å². The minimum Gasteiger partial charge on any atom is -0.453 e. The summed E-state index contributed by atoms with van der Waals surface area (Å²) >= 11 is 6.24. The fourth-order valence-electron chi connectivity index (χ4n) is 3.33. The SMILES string of the molecule is O=S(=O)(O)CCC(c1ccccn1)N1c2ccccc2Oc2ccc(Cl)cc21. The number of hydrogen-bond donors (Lipinski definition) is 1. The predicted octanol–water partition coefficient (Wildman–Crippen LogP) is 5.00. The van der Waals surface area contributed by atoms with Gasteiger partial charge in [-0.3, -0.25) is 9.54 Å². The standard InChI is InChI=1S/C20H17ClN2O4S/c21-14-8-9-20-18(13-14)23(17-6-1-2-7-19(17)27-20)16(10-12-28(24,25)26)15-5-3-4-11-22-15/h1-9,11,13,16H,10,12H2,(H,24,25,26). The van der Waals surface area contributed by atoms with Crippen LogP contribution in [0.4, 0.5) is 11.4 Å². The van der Waals surface area contributed by atoms with Crippen LogP contribution in [0.15, 0.2) is 66.9 Å². The summed E-state index contributed by atoms with van der Waals surface area (Å²) in [6, 6.07) is 17.8. The number of pyridine rings is 1.